The number of aromatic nitrogens is 4. The van der Waals surface area contributed by atoms with Gasteiger partial charge in [0.25, 0.3) is 5.56 Å². The molecule has 14 nitrogen and oxygen atoms in total. The van der Waals surface area contributed by atoms with Crippen molar-refractivity contribution in [1.82, 2.24) is 19.5 Å². The van der Waals surface area contributed by atoms with Gasteiger partial charge in [-0.05, 0) is 0 Å². The SMILES string of the molecule is Nc1nc2c(ncn2[C@@H]2O[C@H](COP(O)OP(O)O)[C@@H](O)[C@H]2O)c(=O)[nH]1. The molecule has 0 radical (unpaired) electrons. The Morgan fingerprint density at radius 1 is 1.35 bits per heavy atom. The number of nitrogens with two attached hydrogens (primary N) is 1. The molecule has 1 aliphatic heterocycles. The first-order valence-corrected chi connectivity index (χ1v) is 9.29. The van der Waals surface area contributed by atoms with Gasteiger partial charge in [0.2, 0.25) is 5.95 Å². The summed E-state index contributed by atoms with van der Waals surface area (Å²) in [5.41, 5.74) is 4.94. The first-order valence-electron chi connectivity index (χ1n) is 6.99. The molecule has 0 bridgehead atoms. The van der Waals surface area contributed by atoms with E-state index >= 15 is 0 Å². The van der Waals surface area contributed by atoms with Crippen molar-refractivity contribution >= 4 is 34.3 Å². The normalized spacial score (nSPS) is 27.5. The van der Waals surface area contributed by atoms with Crippen LogP contribution in [-0.2, 0) is 13.6 Å². The molecular weight excluding hydrogens is 396 g/mol. The second-order valence-electron chi connectivity index (χ2n) is 5.19. The molecule has 0 spiro atoms. The van der Waals surface area contributed by atoms with Crippen molar-refractivity contribution in [3.63, 3.8) is 0 Å². The standard InChI is InChI=1S/C10H15N5O9P2/c11-10-13-7-4(8(18)14-10)12-2-15(7)9-6(17)5(16)3(23-9)1-22-26(21)24-25(19)20/h2-3,5-6,9,16-17,19-21H,1H2,(H3,11,13,14,18)/t3-,5-,6-,9-,26?/m1/s1. The second kappa shape index (κ2) is 7.74. The van der Waals surface area contributed by atoms with Gasteiger partial charge in [0.15, 0.2) is 17.4 Å². The summed E-state index contributed by atoms with van der Waals surface area (Å²) in [5, 5.41) is 20.3. The van der Waals surface area contributed by atoms with Crippen LogP contribution in [0.15, 0.2) is 11.1 Å². The predicted octanol–water partition coefficient (Wildman–Crippen LogP) is -2.22. The van der Waals surface area contributed by atoms with E-state index in [0.29, 0.717) is 0 Å². The third-order valence-electron chi connectivity index (χ3n) is 3.55. The van der Waals surface area contributed by atoms with Gasteiger partial charge in [0.05, 0.1) is 12.9 Å². The van der Waals surface area contributed by atoms with E-state index < -0.39 is 53.9 Å². The molecule has 2 aromatic rings. The molecule has 0 amide bonds. The molecule has 16 heteroatoms. The fourth-order valence-corrected chi connectivity index (χ4v) is 3.41. The Bertz CT molecular complexity index is 831. The van der Waals surface area contributed by atoms with E-state index in [2.05, 4.69) is 19.3 Å². The van der Waals surface area contributed by atoms with Crippen molar-refractivity contribution in [2.45, 2.75) is 24.5 Å². The number of nitrogens with zero attached hydrogens (tertiary/aromatic N) is 3. The molecule has 8 N–H and O–H groups in total. The van der Waals surface area contributed by atoms with Gasteiger partial charge >= 0.3 is 17.2 Å². The molecule has 3 rings (SSSR count). The molecule has 1 aliphatic rings. The van der Waals surface area contributed by atoms with Crippen molar-refractivity contribution in [3.05, 3.63) is 16.7 Å². The van der Waals surface area contributed by atoms with Gasteiger partial charge in [-0.3, -0.25) is 14.3 Å². The summed E-state index contributed by atoms with van der Waals surface area (Å²) in [4.78, 5) is 48.5. The fourth-order valence-electron chi connectivity index (χ4n) is 2.45. The van der Waals surface area contributed by atoms with E-state index in [1.165, 1.54) is 10.9 Å². The van der Waals surface area contributed by atoms with Crippen LogP contribution in [0, 0.1) is 0 Å². The molecule has 0 aromatic carbocycles. The van der Waals surface area contributed by atoms with Crippen LogP contribution in [0.3, 0.4) is 0 Å². The molecule has 0 saturated carbocycles. The van der Waals surface area contributed by atoms with Crippen molar-refractivity contribution in [3.8, 4) is 0 Å². The number of nitrogen functional groups attached to an aromatic ring is 1. The van der Waals surface area contributed by atoms with Gasteiger partial charge < -0.3 is 39.9 Å². The van der Waals surface area contributed by atoms with Crippen molar-refractivity contribution in [2.24, 2.45) is 0 Å². The zero-order valence-corrected chi connectivity index (χ0v) is 14.6. The molecule has 26 heavy (non-hydrogen) atoms. The molecular formula is C10H15N5O9P2. The maximum Gasteiger partial charge on any atom is 0.337 e. The summed E-state index contributed by atoms with van der Waals surface area (Å²) < 4.78 is 15.8. The average Bonchev–Trinajstić information content (AvgIpc) is 3.08. The van der Waals surface area contributed by atoms with E-state index in [0.717, 1.165) is 0 Å². The zero-order chi connectivity index (χ0) is 19.0. The number of H-pyrrole nitrogens is 1. The summed E-state index contributed by atoms with van der Waals surface area (Å²) >= 11 is 0. The number of anilines is 1. The zero-order valence-electron chi connectivity index (χ0n) is 12.8. The van der Waals surface area contributed by atoms with E-state index in [4.69, 9.17) is 24.8 Å². The number of aliphatic hydroxyl groups is 2. The van der Waals surface area contributed by atoms with Gasteiger partial charge in [0.1, 0.15) is 18.3 Å². The number of hydrogen-bond donors (Lipinski definition) is 7. The minimum absolute atomic E-state index is 0.0317. The highest BCUT2D eigenvalue weighted by atomic mass is 31.2. The minimum Gasteiger partial charge on any atom is -0.387 e. The van der Waals surface area contributed by atoms with Crippen LogP contribution < -0.4 is 11.3 Å². The van der Waals surface area contributed by atoms with E-state index in [1.807, 2.05) is 0 Å². The van der Waals surface area contributed by atoms with Gasteiger partial charge in [-0.15, -0.1) is 0 Å². The largest absolute Gasteiger partial charge is 0.387 e. The molecule has 1 unspecified atom stereocenters. The highest BCUT2D eigenvalue weighted by molar-refractivity contribution is 7.54. The first kappa shape index (κ1) is 19.5. The second-order valence-corrected chi connectivity index (χ2v) is 7.08. The Hall–Kier alpha value is -1.31. The first-order chi connectivity index (χ1) is 12.3. The van der Waals surface area contributed by atoms with Crippen molar-refractivity contribution < 1.29 is 38.5 Å². The lowest BCUT2D eigenvalue weighted by atomic mass is 10.1. The summed E-state index contributed by atoms with van der Waals surface area (Å²) in [7, 11) is -5.42. The Morgan fingerprint density at radius 3 is 2.77 bits per heavy atom. The number of rotatable bonds is 6. The van der Waals surface area contributed by atoms with Crippen LogP contribution in [0.2, 0.25) is 0 Å². The number of fused-ring (bicyclic) bond motifs is 1. The summed E-state index contributed by atoms with van der Waals surface area (Å²) in [6, 6.07) is 0. The Morgan fingerprint density at radius 2 is 2.08 bits per heavy atom. The number of ether oxygens (including phenoxy) is 1. The Labute approximate surface area is 146 Å². The summed E-state index contributed by atoms with van der Waals surface area (Å²) in [5.74, 6) is -0.162. The molecule has 0 aliphatic carbocycles. The topological polar surface area (TPSA) is 218 Å². The lowest BCUT2D eigenvalue weighted by molar-refractivity contribution is -0.0484. The average molecular weight is 411 g/mol. The third-order valence-corrected chi connectivity index (χ3v) is 5.07. The molecule has 144 valence electrons. The molecule has 1 saturated heterocycles. The Balaban J connectivity index is 1.77. The number of hydrogen-bond acceptors (Lipinski definition) is 12. The third kappa shape index (κ3) is 3.85. The fraction of sp³-hybridized carbons (Fsp3) is 0.500. The van der Waals surface area contributed by atoms with Crippen LogP contribution in [0.25, 0.3) is 11.2 Å². The quantitative estimate of drug-likeness (QED) is 0.252. The maximum atomic E-state index is 11.8. The van der Waals surface area contributed by atoms with Gasteiger partial charge in [-0.2, -0.15) is 4.98 Å². The van der Waals surface area contributed by atoms with Gasteiger partial charge in [-0.25, -0.2) is 9.29 Å². The van der Waals surface area contributed by atoms with E-state index in [9.17, 15) is 19.9 Å². The number of imidazole rings is 1. The Kier molecular flexibility index (Phi) is 5.79. The number of nitrogens with one attached hydrogen (secondary N) is 1. The molecule has 2 aromatic heterocycles. The van der Waals surface area contributed by atoms with Crippen molar-refractivity contribution in [1.29, 1.82) is 0 Å². The van der Waals surface area contributed by atoms with Crippen LogP contribution in [0.5, 0.6) is 0 Å². The smallest absolute Gasteiger partial charge is 0.337 e. The molecule has 5 atom stereocenters. The van der Waals surface area contributed by atoms with Crippen LogP contribution in [0.1, 0.15) is 6.23 Å². The van der Waals surface area contributed by atoms with Crippen LogP contribution in [0.4, 0.5) is 5.95 Å². The summed E-state index contributed by atoms with van der Waals surface area (Å²) in [6.45, 7) is -0.414. The lowest BCUT2D eigenvalue weighted by Crippen LogP contribution is -2.33. The minimum atomic E-state index is -2.81. The lowest BCUT2D eigenvalue weighted by Gasteiger charge is -2.17. The number of aromatic amines is 1. The summed E-state index contributed by atoms with van der Waals surface area (Å²) in [6.07, 6.45) is -3.89. The van der Waals surface area contributed by atoms with Crippen LogP contribution in [-0.4, -0.2) is 69.3 Å². The van der Waals surface area contributed by atoms with Gasteiger partial charge in [0, 0.05) is 0 Å². The van der Waals surface area contributed by atoms with E-state index in [1.54, 1.807) is 0 Å². The van der Waals surface area contributed by atoms with Gasteiger partial charge in [-0.1, -0.05) is 0 Å². The van der Waals surface area contributed by atoms with Crippen LogP contribution >= 0.6 is 17.2 Å². The highest BCUT2D eigenvalue weighted by Crippen LogP contribution is 2.46. The predicted molar refractivity (Wildman–Crippen MR) is 86.0 cm³/mol. The maximum absolute atomic E-state index is 11.8. The number of aliphatic hydroxyl groups excluding tert-OH is 2. The monoisotopic (exact) mass is 411 g/mol. The molecule has 3 heterocycles. The van der Waals surface area contributed by atoms with E-state index in [-0.39, 0.29) is 17.1 Å². The highest BCUT2D eigenvalue weighted by Gasteiger charge is 2.45. The molecule has 1 fully saturated rings. The van der Waals surface area contributed by atoms with Crippen molar-refractivity contribution in [2.75, 3.05) is 12.3 Å².